The monoisotopic (exact) mass is 532 g/mol. The zero-order chi connectivity index (χ0) is 26.6. The molecular weight excluding hydrogens is 513 g/mol. The summed E-state index contributed by atoms with van der Waals surface area (Å²) in [5, 5.41) is 11.1. The van der Waals surface area contributed by atoms with E-state index in [4.69, 9.17) is 4.74 Å². The highest BCUT2D eigenvalue weighted by Gasteiger charge is 2.30. The number of carbonyl (C=O) groups is 1. The Balaban J connectivity index is 1.58. The summed E-state index contributed by atoms with van der Waals surface area (Å²) >= 11 is 1.00. The van der Waals surface area contributed by atoms with Gasteiger partial charge in [-0.05, 0) is 30.3 Å². The molecule has 0 radical (unpaired) electrons. The van der Waals surface area contributed by atoms with Gasteiger partial charge in [-0.3, -0.25) is 19.1 Å². The Kier molecular flexibility index (Phi) is 7.47. The first-order chi connectivity index (χ1) is 17.6. The molecule has 0 bridgehead atoms. The quantitative estimate of drug-likeness (QED) is 0.297. The largest absolute Gasteiger partial charge is 0.497 e. The van der Waals surface area contributed by atoms with Crippen molar-refractivity contribution in [1.82, 2.24) is 24.7 Å². The molecule has 10 nitrogen and oxygen atoms in total. The molecule has 192 valence electrons. The number of hydrogen-bond acceptors (Lipinski definition) is 7. The number of nitrogens with one attached hydrogen (secondary N) is 3. The summed E-state index contributed by atoms with van der Waals surface area (Å²) in [6, 6.07) is 12.5. The number of methoxy groups -OCH3 is 1. The third kappa shape index (κ3) is 6.46. The Morgan fingerprint density at radius 3 is 2.59 bits per heavy atom. The molecule has 14 heteroatoms. The molecule has 4 rings (SSSR count). The van der Waals surface area contributed by atoms with Crippen LogP contribution in [0.5, 0.6) is 5.75 Å². The molecule has 0 atom stereocenters. The molecule has 0 aliphatic carbocycles. The van der Waals surface area contributed by atoms with Crippen molar-refractivity contribution in [2.75, 3.05) is 18.2 Å². The zero-order valence-electron chi connectivity index (χ0n) is 19.1. The van der Waals surface area contributed by atoms with Gasteiger partial charge in [-0.2, -0.15) is 13.2 Å². The topological polar surface area (TPSA) is 135 Å². The highest BCUT2D eigenvalue weighted by Crippen LogP contribution is 2.31. The average molecular weight is 533 g/mol. The van der Waals surface area contributed by atoms with E-state index in [1.54, 1.807) is 28.8 Å². The van der Waals surface area contributed by atoms with Crippen molar-refractivity contribution in [2.45, 2.75) is 17.8 Å². The first-order valence-corrected chi connectivity index (χ1v) is 11.6. The number of aromatic nitrogens is 5. The SMILES string of the molecule is COc1cccc(-n2c(Cc3cc(=O)[nH]c(=O)[nH]3)nnc2SCC(=O)Nc2cccc(C(F)(F)F)c2)c1. The molecule has 0 saturated heterocycles. The van der Waals surface area contributed by atoms with Crippen LogP contribution in [0, 0.1) is 0 Å². The number of amides is 1. The number of halogens is 3. The Morgan fingerprint density at radius 1 is 1.08 bits per heavy atom. The van der Waals surface area contributed by atoms with Crippen LogP contribution in [0.25, 0.3) is 5.69 Å². The molecular formula is C23H19F3N6O4S. The van der Waals surface area contributed by atoms with Crippen LogP contribution in [0.2, 0.25) is 0 Å². The van der Waals surface area contributed by atoms with Crippen molar-refractivity contribution in [3.05, 3.63) is 92.5 Å². The lowest BCUT2D eigenvalue weighted by Crippen LogP contribution is -2.23. The second kappa shape index (κ2) is 10.7. The highest BCUT2D eigenvalue weighted by molar-refractivity contribution is 7.99. The van der Waals surface area contributed by atoms with E-state index in [1.165, 1.54) is 25.3 Å². The molecule has 2 aromatic carbocycles. The zero-order valence-corrected chi connectivity index (χ0v) is 19.9. The fourth-order valence-electron chi connectivity index (χ4n) is 3.40. The van der Waals surface area contributed by atoms with Gasteiger partial charge in [0.1, 0.15) is 11.6 Å². The number of thioether (sulfide) groups is 1. The van der Waals surface area contributed by atoms with E-state index in [2.05, 4.69) is 25.5 Å². The number of rotatable bonds is 8. The third-order valence-electron chi connectivity index (χ3n) is 4.98. The Labute approximate surface area is 210 Å². The lowest BCUT2D eigenvalue weighted by molar-refractivity contribution is -0.137. The summed E-state index contributed by atoms with van der Waals surface area (Å²) in [4.78, 5) is 40.5. The van der Waals surface area contributed by atoms with Gasteiger partial charge in [-0.25, -0.2) is 4.79 Å². The second-order valence-corrected chi connectivity index (χ2v) is 8.58. The number of H-pyrrole nitrogens is 2. The molecule has 4 aromatic rings. The van der Waals surface area contributed by atoms with Gasteiger partial charge in [0.15, 0.2) is 5.16 Å². The fraction of sp³-hybridized carbons (Fsp3) is 0.174. The van der Waals surface area contributed by atoms with Gasteiger partial charge < -0.3 is 15.0 Å². The standard InChI is InChI=1S/C23H19F3N6O4S/c1-36-17-7-3-6-16(11-17)32-18(9-15-10-19(33)29-21(35)28-15)30-31-22(32)37-12-20(34)27-14-5-2-4-13(8-14)23(24,25)26/h2-8,10-11H,9,12H2,1H3,(H,27,34)(H2,28,29,33,35). The lowest BCUT2D eigenvalue weighted by Gasteiger charge is -2.12. The summed E-state index contributed by atoms with van der Waals surface area (Å²) in [7, 11) is 1.50. The van der Waals surface area contributed by atoms with Crippen molar-refractivity contribution < 1.29 is 22.7 Å². The maximum absolute atomic E-state index is 13.0. The van der Waals surface area contributed by atoms with Crippen LogP contribution >= 0.6 is 11.8 Å². The van der Waals surface area contributed by atoms with Gasteiger partial charge >= 0.3 is 11.9 Å². The van der Waals surface area contributed by atoms with Crippen LogP contribution in [-0.4, -0.2) is 43.5 Å². The number of nitrogens with zero attached hydrogens (tertiary/aromatic N) is 3. The number of carbonyl (C=O) groups excluding carboxylic acids is 1. The summed E-state index contributed by atoms with van der Waals surface area (Å²) < 4.78 is 45.8. The van der Waals surface area contributed by atoms with Crippen LogP contribution in [0.3, 0.4) is 0 Å². The molecule has 2 heterocycles. The smallest absolute Gasteiger partial charge is 0.416 e. The number of alkyl halides is 3. The van der Waals surface area contributed by atoms with Crippen LogP contribution in [-0.2, 0) is 17.4 Å². The molecule has 0 aliphatic rings. The van der Waals surface area contributed by atoms with Gasteiger partial charge in [0.2, 0.25) is 5.91 Å². The first kappa shape index (κ1) is 25.8. The van der Waals surface area contributed by atoms with Crippen LogP contribution in [0.1, 0.15) is 17.1 Å². The number of ether oxygens (including phenoxy) is 1. The minimum absolute atomic E-state index is 0.00799. The van der Waals surface area contributed by atoms with Crippen molar-refractivity contribution in [2.24, 2.45) is 0 Å². The summed E-state index contributed by atoms with van der Waals surface area (Å²) in [6.45, 7) is 0. The number of hydrogen-bond donors (Lipinski definition) is 3. The molecule has 0 saturated carbocycles. The number of benzene rings is 2. The van der Waals surface area contributed by atoms with Gasteiger partial charge in [0.25, 0.3) is 5.56 Å². The maximum Gasteiger partial charge on any atom is 0.416 e. The average Bonchev–Trinajstić information content (AvgIpc) is 3.24. The van der Waals surface area contributed by atoms with Gasteiger partial charge in [-0.15, -0.1) is 10.2 Å². The van der Waals surface area contributed by atoms with Crippen LogP contribution in [0.15, 0.2) is 69.3 Å². The van der Waals surface area contributed by atoms with Crippen LogP contribution in [0.4, 0.5) is 18.9 Å². The molecule has 3 N–H and O–H groups in total. The fourth-order valence-corrected chi connectivity index (χ4v) is 4.17. The van der Waals surface area contributed by atoms with Crippen molar-refractivity contribution in [3.63, 3.8) is 0 Å². The number of aromatic amines is 2. The predicted molar refractivity (Wildman–Crippen MR) is 129 cm³/mol. The molecule has 37 heavy (non-hydrogen) atoms. The number of anilines is 1. The van der Waals surface area contributed by atoms with E-state index in [1.807, 2.05) is 0 Å². The molecule has 0 spiro atoms. The molecule has 2 aromatic heterocycles. The van der Waals surface area contributed by atoms with Gasteiger partial charge in [0.05, 0.1) is 24.1 Å². The Hall–Kier alpha value is -4.33. The second-order valence-electron chi connectivity index (χ2n) is 7.64. The van der Waals surface area contributed by atoms with E-state index in [0.717, 1.165) is 23.9 Å². The molecule has 0 aliphatic heterocycles. The molecule has 1 amide bonds. The Bertz CT molecular complexity index is 1520. The normalized spacial score (nSPS) is 11.4. The minimum Gasteiger partial charge on any atom is -0.497 e. The van der Waals surface area contributed by atoms with E-state index in [9.17, 15) is 27.6 Å². The minimum atomic E-state index is -4.53. The predicted octanol–water partition coefficient (Wildman–Crippen LogP) is 2.99. The summed E-state index contributed by atoms with van der Waals surface area (Å²) in [6.07, 6.45) is -4.49. The molecule has 0 fully saturated rings. The Morgan fingerprint density at radius 2 is 1.86 bits per heavy atom. The van der Waals surface area contributed by atoms with Gasteiger partial charge in [0, 0.05) is 29.9 Å². The molecule has 0 unspecified atom stereocenters. The summed E-state index contributed by atoms with van der Waals surface area (Å²) in [5.74, 6) is 0.167. The van der Waals surface area contributed by atoms with Crippen LogP contribution < -0.4 is 21.3 Å². The highest BCUT2D eigenvalue weighted by atomic mass is 32.2. The summed E-state index contributed by atoms with van der Waals surface area (Å²) in [5.41, 5.74) is -1.23. The lowest BCUT2D eigenvalue weighted by atomic mass is 10.2. The van der Waals surface area contributed by atoms with E-state index in [-0.39, 0.29) is 17.9 Å². The van der Waals surface area contributed by atoms with Crippen molar-refractivity contribution >= 4 is 23.4 Å². The van der Waals surface area contributed by atoms with E-state index >= 15 is 0 Å². The van der Waals surface area contributed by atoms with Crippen molar-refractivity contribution in [1.29, 1.82) is 0 Å². The van der Waals surface area contributed by atoms with Crippen molar-refractivity contribution in [3.8, 4) is 11.4 Å². The van der Waals surface area contributed by atoms with E-state index in [0.29, 0.717) is 28.1 Å². The van der Waals surface area contributed by atoms with Gasteiger partial charge in [-0.1, -0.05) is 23.9 Å². The maximum atomic E-state index is 13.0. The van der Waals surface area contributed by atoms with E-state index < -0.39 is 28.9 Å². The third-order valence-corrected chi connectivity index (χ3v) is 5.91. The first-order valence-electron chi connectivity index (χ1n) is 10.6.